The van der Waals surface area contributed by atoms with E-state index in [-0.39, 0.29) is 0 Å². The third kappa shape index (κ3) is 1.90. The van der Waals surface area contributed by atoms with Gasteiger partial charge in [0.2, 0.25) is 0 Å². The van der Waals surface area contributed by atoms with Crippen molar-refractivity contribution in [2.75, 3.05) is 13.1 Å². The number of aromatic nitrogens is 4. The Balaban J connectivity index is 1.39. The molecule has 0 bridgehead atoms. The zero-order chi connectivity index (χ0) is 13.5. The highest BCUT2D eigenvalue weighted by Crippen LogP contribution is 2.23. The van der Waals surface area contributed by atoms with Gasteiger partial charge >= 0.3 is 0 Å². The van der Waals surface area contributed by atoms with Gasteiger partial charge in [-0.05, 0) is 0 Å². The summed E-state index contributed by atoms with van der Waals surface area (Å²) in [5.41, 5.74) is 1.73. The predicted molar refractivity (Wildman–Crippen MR) is 74.3 cm³/mol. The fourth-order valence-corrected chi connectivity index (χ4v) is 3.23. The van der Waals surface area contributed by atoms with Crippen LogP contribution in [-0.4, -0.2) is 37.2 Å². The molecule has 0 spiro atoms. The van der Waals surface area contributed by atoms with Gasteiger partial charge in [-0.2, -0.15) is 10.4 Å². The van der Waals surface area contributed by atoms with Crippen molar-refractivity contribution in [3.8, 4) is 6.07 Å². The van der Waals surface area contributed by atoms with Crippen molar-refractivity contribution in [2.24, 2.45) is 0 Å². The molecule has 6 nitrogen and oxygen atoms in total. The van der Waals surface area contributed by atoms with Gasteiger partial charge in [-0.25, -0.2) is 4.98 Å². The molecule has 1 fully saturated rings. The smallest absolute Gasteiger partial charge is 0.193 e. The molecule has 3 aromatic rings. The van der Waals surface area contributed by atoms with E-state index in [0.29, 0.717) is 11.6 Å². The summed E-state index contributed by atoms with van der Waals surface area (Å²) in [6.45, 7) is 2.78. The largest absolute Gasteiger partial charge is 0.297 e. The Bertz CT molecular complexity index is 757. The Morgan fingerprint density at radius 3 is 3.05 bits per heavy atom. The van der Waals surface area contributed by atoms with E-state index in [2.05, 4.69) is 31.6 Å². The molecule has 0 aromatic carbocycles. The van der Waals surface area contributed by atoms with Crippen molar-refractivity contribution in [3.63, 3.8) is 0 Å². The molecule has 3 aromatic heterocycles. The molecule has 100 valence electrons. The fourth-order valence-electron chi connectivity index (χ4n) is 2.52. The topological polar surface area (TPSA) is 62.2 Å². The molecular formula is C13H12N6S. The predicted octanol–water partition coefficient (Wildman–Crippen LogP) is 1.52. The lowest BCUT2D eigenvalue weighted by atomic mass is 10.1. The van der Waals surface area contributed by atoms with E-state index < -0.39 is 0 Å². The van der Waals surface area contributed by atoms with Crippen LogP contribution in [0.25, 0.3) is 4.96 Å². The van der Waals surface area contributed by atoms with Gasteiger partial charge in [0.1, 0.15) is 6.07 Å². The number of fused-ring (bicyclic) bond motifs is 1. The molecule has 0 amide bonds. The van der Waals surface area contributed by atoms with Gasteiger partial charge in [0.05, 0.1) is 23.5 Å². The highest BCUT2D eigenvalue weighted by atomic mass is 32.1. The summed E-state index contributed by atoms with van der Waals surface area (Å²) in [4.78, 5) is 7.97. The molecule has 4 heterocycles. The van der Waals surface area contributed by atoms with Crippen molar-refractivity contribution in [2.45, 2.75) is 12.6 Å². The minimum absolute atomic E-state index is 0.376. The first-order valence-electron chi connectivity index (χ1n) is 6.39. The van der Waals surface area contributed by atoms with Gasteiger partial charge in [-0.1, -0.05) is 0 Å². The molecule has 0 radical (unpaired) electrons. The minimum Gasteiger partial charge on any atom is -0.297 e. The molecule has 0 unspecified atom stereocenters. The van der Waals surface area contributed by atoms with Gasteiger partial charge in [0.15, 0.2) is 4.96 Å². The second-order valence-corrected chi connectivity index (χ2v) is 5.87. The van der Waals surface area contributed by atoms with Crippen LogP contribution in [0.3, 0.4) is 0 Å². The van der Waals surface area contributed by atoms with E-state index in [1.54, 1.807) is 17.5 Å². The summed E-state index contributed by atoms with van der Waals surface area (Å²) < 4.78 is 3.95. The lowest BCUT2D eigenvalue weighted by molar-refractivity contribution is 0.0897. The van der Waals surface area contributed by atoms with E-state index in [1.165, 1.54) is 0 Å². The van der Waals surface area contributed by atoms with Crippen molar-refractivity contribution >= 4 is 16.3 Å². The summed E-state index contributed by atoms with van der Waals surface area (Å²) >= 11 is 1.65. The summed E-state index contributed by atoms with van der Waals surface area (Å²) in [7, 11) is 0. The number of nitriles is 1. The van der Waals surface area contributed by atoms with Crippen LogP contribution >= 0.6 is 11.3 Å². The van der Waals surface area contributed by atoms with Crippen molar-refractivity contribution < 1.29 is 0 Å². The van der Waals surface area contributed by atoms with Gasteiger partial charge in [-0.3, -0.25) is 14.0 Å². The molecule has 1 aliphatic heterocycles. The average Bonchev–Trinajstić information content (AvgIpc) is 3.08. The molecular weight excluding hydrogens is 272 g/mol. The van der Waals surface area contributed by atoms with Crippen molar-refractivity contribution in [3.05, 3.63) is 41.4 Å². The number of likely N-dealkylation sites (tertiary alicyclic amines) is 1. The maximum absolute atomic E-state index is 8.80. The monoisotopic (exact) mass is 284 g/mol. The Morgan fingerprint density at radius 2 is 2.30 bits per heavy atom. The zero-order valence-corrected chi connectivity index (χ0v) is 11.5. The summed E-state index contributed by atoms with van der Waals surface area (Å²) in [6.07, 6.45) is 7.55. The maximum Gasteiger partial charge on any atom is 0.193 e. The fraction of sp³-hybridized carbons (Fsp3) is 0.308. The Labute approximate surface area is 119 Å². The molecule has 20 heavy (non-hydrogen) atoms. The second-order valence-electron chi connectivity index (χ2n) is 4.99. The molecule has 1 aliphatic rings. The van der Waals surface area contributed by atoms with Crippen LogP contribution in [0.1, 0.15) is 17.3 Å². The zero-order valence-electron chi connectivity index (χ0n) is 10.7. The first kappa shape index (κ1) is 11.6. The van der Waals surface area contributed by atoms with E-state index in [0.717, 1.165) is 30.3 Å². The van der Waals surface area contributed by atoms with Crippen molar-refractivity contribution in [1.29, 1.82) is 5.26 Å². The minimum atomic E-state index is 0.376. The van der Waals surface area contributed by atoms with Gasteiger partial charge in [-0.15, -0.1) is 11.3 Å². The van der Waals surface area contributed by atoms with Crippen LogP contribution < -0.4 is 0 Å². The lowest BCUT2D eigenvalue weighted by Crippen LogP contribution is -2.47. The molecule has 4 rings (SSSR count). The van der Waals surface area contributed by atoms with E-state index in [1.807, 2.05) is 22.5 Å². The second kappa shape index (κ2) is 4.44. The summed E-state index contributed by atoms with van der Waals surface area (Å²) in [5, 5.41) is 15.1. The van der Waals surface area contributed by atoms with E-state index >= 15 is 0 Å². The molecule has 0 saturated carbocycles. The van der Waals surface area contributed by atoms with E-state index in [9.17, 15) is 0 Å². The quantitative estimate of drug-likeness (QED) is 0.731. The first-order chi connectivity index (χ1) is 9.81. The molecule has 0 N–H and O–H groups in total. The highest BCUT2D eigenvalue weighted by Gasteiger charge is 2.29. The average molecular weight is 284 g/mol. The number of imidazole rings is 1. The third-order valence-corrected chi connectivity index (χ3v) is 4.34. The van der Waals surface area contributed by atoms with Gasteiger partial charge in [0.25, 0.3) is 0 Å². The van der Waals surface area contributed by atoms with Crippen LogP contribution in [0, 0.1) is 11.3 Å². The van der Waals surface area contributed by atoms with Gasteiger partial charge < -0.3 is 0 Å². The third-order valence-electron chi connectivity index (χ3n) is 3.57. The summed E-state index contributed by atoms with van der Waals surface area (Å²) in [6, 6.07) is 2.48. The number of nitrogens with zero attached hydrogens (tertiary/aromatic N) is 6. The highest BCUT2D eigenvalue weighted by molar-refractivity contribution is 7.15. The van der Waals surface area contributed by atoms with Crippen LogP contribution in [0.4, 0.5) is 0 Å². The molecule has 1 saturated heterocycles. The molecule has 7 heteroatoms. The number of thiazole rings is 1. The molecule has 0 atom stereocenters. The van der Waals surface area contributed by atoms with Crippen LogP contribution in [0.5, 0.6) is 0 Å². The summed E-state index contributed by atoms with van der Waals surface area (Å²) in [5.74, 6) is 0. The number of hydrogen-bond donors (Lipinski definition) is 0. The normalized spacial score (nSPS) is 16.4. The maximum atomic E-state index is 8.80. The number of rotatable bonds is 3. The number of hydrogen-bond acceptors (Lipinski definition) is 5. The van der Waals surface area contributed by atoms with Crippen molar-refractivity contribution in [1.82, 2.24) is 24.1 Å². The Kier molecular flexibility index (Phi) is 2.58. The van der Waals surface area contributed by atoms with Crippen LogP contribution in [0.2, 0.25) is 0 Å². The Hall–Kier alpha value is -2.17. The standard InChI is InChI=1S/C13H12N6S/c14-3-10-4-15-19(5-10)12-8-17(9-12)6-11-7-18-1-2-20-13(18)16-11/h1-2,4-5,7,12H,6,8-9H2. The lowest BCUT2D eigenvalue weighted by Gasteiger charge is -2.38. The van der Waals surface area contributed by atoms with Gasteiger partial charge in [0, 0.05) is 43.6 Å². The van der Waals surface area contributed by atoms with Crippen LogP contribution in [0.15, 0.2) is 30.2 Å². The molecule has 0 aliphatic carbocycles. The van der Waals surface area contributed by atoms with E-state index in [4.69, 9.17) is 5.26 Å². The SMILES string of the molecule is N#Cc1cnn(C2CN(Cc3cn4ccsc4n3)C2)c1. The van der Waals surface area contributed by atoms with Crippen LogP contribution in [-0.2, 0) is 6.54 Å². The first-order valence-corrected chi connectivity index (χ1v) is 7.27. The Morgan fingerprint density at radius 1 is 1.40 bits per heavy atom.